The lowest BCUT2D eigenvalue weighted by molar-refractivity contribution is -0.124. The Morgan fingerprint density at radius 2 is 0.630 bits per heavy atom. The van der Waals surface area contributed by atoms with Gasteiger partial charge in [0.05, 0.1) is 18.8 Å². The van der Waals surface area contributed by atoms with Crippen LogP contribution in [0.4, 0.5) is 0 Å². The molecule has 5 heteroatoms. The lowest BCUT2D eigenvalue weighted by atomic mass is 9.99. The standard InChI is InChI=1S/C49H99NO4/c1-3-5-7-9-11-13-15-17-19-21-23-24-25-26-28-30-32-34-36-38-40-42-44-48(53)50-46(45-51)49(54)47(52)43-41-39-37-35-33-31-29-27-22-20-18-16-14-12-10-8-6-4-2/h46-47,49,51-52,54H,3-45H2,1-2H3,(H,50,53). The molecule has 3 unspecified atom stereocenters. The van der Waals surface area contributed by atoms with Crippen LogP contribution in [0.3, 0.4) is 0 Å². The number of rotatable bonds is 46. The van der Waals surface area contributed by atoms with E-state index in [9.17, 15) is 20.1 Å². The Morgan fingerprint density at radius 1 is 0.389 bits per heavy atom. The smallest absolute Gasteiger partial charge is 0.220 e. The van der Waals surface area contributed by atoms with Crippen molar-refractivity contribution >= 4 is 5.91 Å². The van der Waals surface area contributed by atoms with E-state index < -0.39 is 18.2 Å². The van der Waals surface area contributed by atoms with Gasteiger partial charge in [0.2, 0.25) is 5.91 Å². The fraction of sp³-hybridized carbons (Fsp3) is 0.980. The maximum absolute atomic E-state index is 12.5. The third-order valence-corrected chi connectivity index (χ3v) is 12.0. The molecule has 0 heterocycles. The summed E-state index contributed by atoms with van der Waals surface area (Å²) >= 11 is 0. The van der Waals surface area contributed by atoms with E-state index in [2.05, 4.69) is 19.2 Å². The molecule has 0 bridgehead atoms. The first-order valence-corrected chi connectivity index (χ1v) is 24.8. The summed E-state index contributed by atoms with van der Waals surface area (Å²) in [5.74, 6) is -0.137. The van der Waals surface area contributed by atoms with Gasteiger partial charge in [-0.2, -0.15) is 0 Å². The molecular formula is C49H99NO4. The van der Waals surface area contributed by atoms with Crippen LogP contribution in [-0.2, 0) is 4.79 Å². The van der Waals surface area contributed by atoms with Gasteiger partial charge in [-0.15, -0.1) is 0 Å². The van der Waals surface area contributed by atoms with Gasteiger partial charge < -0.3 is 20.6 Å². The zero-order valence-electron chi connectivity index (χ0n) is 36.9. The second kappa shape index (κ2) is 45.1. The summed E-state index contributed by atoms with van der Waals surface area (Å²) in [6, 6.07) is -0.803. The van der Waals surface area contributed by atoms with Crippen LogP contribution in [-0.4, -0.2) is 46.1 Å². The topological polar surface area (TPSA) is 89.8 Å². The molecule has 0 aromatic carbocycles. The highest BCUT2D eigenvalue weighted by Crippen LogP contribution is 2.18. The van der Waals surface area contributed by atoms with Crippen LogP contribution >= 0.6 is 0 Å². The molecule has 4 N–H and O–H groups in total. The first kappa shape index (κ1) is 53.4. The molecule has 0 rings (SSSR count). The molecule has 5 nitrogen and oxygen atoms in total. The van der Waals surface area contributed by atoms with Crippen LogP contribution in [0.15, 0.2) is 0 Å². The Bertz CT molecular complexity index is 718. The summed E-state index contributed by atoms with van der Waals surface area (Å²) in [4.78, 5) is 12.5. The van der Waals surface area contributed by atoms with E-state index in [1.807, 2.05) is 0 Å². The van der Waals surface area contributed by atoms with Gasteiger partial charge in [0, 0.05) is 6.42 Å². The average Bonchev–Trinajstić information content (AvgIpc) is 3.18. The van der Waals surface area contributed by atoms with Crippen molar-refractivity contribution in [2.24, 2.45) is 0 Å². The van der Waals surface area contributed by atoms with Crippen molar-refractivity contribution in [2.75, 3.05) is 6.61 Å². The maximum atomic E-state index is 12.5. The number of carbonyl (C=O) groups is 1. The second-order valence-corrected chi connectivity index (χ2v) is 17.4. The van der Waals surface area contributed by atoms with Crippen molar-refractivity contribution in [3.8, 4) is 0 Å². The molecule has 0 aliphatic heterocycles. The molecule has 1 amide bonds. The molecule has 3 atom stereocenters. The zero-order valence-corrected chi connectivity index (χ0v) is 36.9. The first-order chi connectivity index (χ1) is 26.6. The number of nitrogens with one attached hydrogen (secondary N) is 1. The van der Waals surface area contributed by atoms with E-state index in [0.717, 1.165) is 32.1 Å². The monoisotopic (exact) mass is 766 g/mol. The minimum Gasteiger partial charge on any atom is -0.394 e. The lowest BCUT2D eigenvalue weighted by Gasteiger charge is -2.26. The molecule has 0 aliphatic carbocycles. The van der Waals surface area contributed by atoms with Crippen molar-refractivity contribution in [3.05, 3.63) is 0 Å². The number of aliphatic hydroxyl groups is 3. The molecule has 0 radical (unpaired) electrons. The number of unbranched alkanes of at least 4 members (excludes halogenated alkanes) is 38. The average molecular weight is 766 g/mol. The number of hydrogen-bond donors (Lipinski definition) is 4. The van der Waals surface area contributed by atoms with Crippen LogP contribution in [0.25, 0.3) is 0 Å². The predicted molar refractivity (Wildman–Crippen MR) is 236 cm³/mol. The number of aliphatic hydroxyl groups excluding tert-OH is 3. The molecule has 0 fully saturated rings. The Morgan fingerprint density at radius 3 is 0.889 bits per heavy atom. The van der Waals surface area contributed by atoms with Gasteiger partial charge in [-0.25, -0.2) is 0 Å². The fourth-order valence-corrected chi connectivity index (χ4v) is 8.11. The van der Waals surface area contributed by atoms with Gasteiger partial charge >= 0.3 is 0 Å². The highest BCUT2D eigenvalue weighted by Gasteiger charge is 2.26. The van der Waals surface area contributed by atoms with Crippen LogP contribution in [0.2, 0.25) is 0 Å². The third kappa shape index (κ3) is 39.6. The molecule has 54 heavy (non-hydrogen) atoms. The lowest BCUT2D eigenvalue weighted by Crippen LogP contribution is -2.50. The molecule has 0 aliphatic rings. The Kier molecular flexibility index (Phi) is 44.5. The van der Waals surface area contributed by atoms with Crippen molar-refractivity contribution in [3.63, 3.8) is 0 Å². The van der Waals surface area contributed by atoms with Gasteiger partial charge in [0.25, 0.3) is 0 Å². The van der Waals surface area contributed by atoms with Gasteiger partial charge in [-0.3, -0.25) is 4.79 Å². The normalized spacial score (nSPS) is 13.4. The molecule has 0 aromatic rings. The highest BCUT2D eigenvalue weighted by molar-refractivity contribution is 5.76. The van der Waals surface area contributed by atoms with E-state index in [-0.39, 0.29) is 12.5 Å². The summed E-state index contributed by atoms with van der Waals surface area (Å²) in [5.41, 5.74) is 0. The summed E-state index contributed by atoms with van der Waals surface area (Å²) in [6.45, 7) is 4.21. The van der Waals surface area contributed by atoms with Crippen molar-refractivity contribution < 1.29 is 20.1 Å². The summed E-state index contributed by atoms with van der Waals surface area (Å²) < 4.78 is 0. The zero-order chi connectivity index (χ0) is 39.4. The van der Waals surface area contributed by atoms with Gasteiger partial charge in [-0.05, 0) is 12.8 Å². The highest BCUT2D eigenvalue weighted by atomic mass is 16.3. The van der Waals surface area contributed by atoms with Gasteiger partial charge in [0.15, 0.2) is 0 Å². The number of carbonyl (C=O) groups excluding carboxylic acids is 1. The molecular weight excluding hydrogens is 667 g/mol. The van der Waals surface area contributed by atoms with E-state index >= 15 is 0 Å². The van der Waals surface area contributed by atoms with Crippen molar-refractivity contribution in [2.45, 2.75) is 302 Å². The van der Waals surface area contributed by atoms with Crippen LogP contribution in [0.1, 0.15) is 284 Å². The van der Waals surface area contributed by atoms with Crippen molar-refractivity contribution in [1.29, 1.82) is 0 Å². The Hall–Kier alpha value is -0.650. The fourth-order valence-electron chi connectivity index (χ4n) is 8.11. The maximum Gasteiger partial charge on any atom is 0.220 e. The minimum absolute atomic E-state index is 0.137. The minimum atomic E-state index is -1.13. The van der Waals surface area contributed by atoms with E-state index in [4.69, 9.17) is 0 Å². The summed E-state index contributed by atoms with van der Waals surface area (Å²) in [6.07, 6.45) is 52.3. The Labute approximate surface area is 338 Å². The second-order valence-electron chi connectivity index (χ2n) is 17.4. The molecule has 0 saturated heterocycles. The predicted octanol–water partition coefficient (Wildman–Crippen LogP) is 14.6. The van der Waals surface area contributed by atoms with Crippen LogP contribution in [0, 0.1) is 0 Å². The van der Waals surface area contributed by atoms with E-state index in [1.165, 1.54) is 225 Å². The molecule has 324 valence electrons. The quantitative estimate of drug-likeness (QED) is 0.0465. The third-order valence-electron chi connectivity index (χ3n) is 12.0. The number of hydrogen-bond acceptors (Lipinski definition) is 4. The van der Waals surface area contributed by atoms with Crippen LogP contribution in [0.5, 0.6) is 0 Å². The van der Waals surface area contributed by atoms with E-state index in [1.54, 1.807) is 0 Å². The van der Waals surface area contributed by atoms with Gasteiger partial charge in [-0.1, -0.05) is 264 Å². The summed E-state index contributed by atoms with van der Waals surface area (Å²) in [7, 11) is 0. The molecule has 0 aromatic heterocycles. The summed E-state index contributed by atoms with van der Waals surface area (Å²) in [5, 5.41) is 33.7. The Balaban J connectivity index is 3.53. The van der Waals surface area contributed by atoms with E-state index in [0.29, 0.717) is 12.8 Å². The largest absolute Gasteiger partial charge is 0.394 e. The molecule has 0 spiro atoms. The van der Waals surface area contributed by atoms with Crippen molar-refractivity contribution in [1.82, 2.24) is 5.32 Å². The van der Waals surface area contributed by atoms with Gasteiger partial charge in [0.1, 0.15) is 6.10 Å². The number of amides is 1. The molecule has 0 saturated carbocycles. The SMILES string of the molecule is CCCCCCCCCCCCCCCCCCCCCCCCC(=O)NC(CO)C(O)C(O)CCCCCCCCCCCCCCCCCCCC. The first-order valence-electron chi connectivity index (χ1n) is 24.8. The van der Waals surface area contributed by atoms with Crippen LogP contribution < -0.4 is 5.32 Å².